The number of hydrogen-bond donors (Lipinski definition) is 6. The van der Waals surface area contributed by atoms with Crippen molar-refractivity contribution in [3.63, 3.8) is 0 Å². The van der Waals surface area contributed by atoms with Crippen molar-refractivity contribution in [2.45, 2.75) is 56.3 Å². The van der Waals surface area contributed by atoms with Gasteiger partial charge in [0, 0.05) is 36.5 Å². The molecule has 11 nitrogen and oxygen atoms in total. The topological polar surface area (TPSA) is 178 Å². The summed E-state index contributed by atoms with van der Waals surface area (Å²) in [5.41, 5.74) is 9.57. The quantitative estimate of drug-likeness (QED) is 0.142. The van der Waals surface area contributed by atoms with Gasteiger partial charge in [-0.25, -0.2) is 4.79 Å². The van der Waals surface area contributed by atoms with E-state index in [4.69, 9.17) is 5.73 Å². The molecule has 0 spiro atoms. The highest BCUT2D eigenvalue weighted by Crippen LogP contribution is 2.22. The van der Waals surface area contributed by atoms with Crippen molar-refractivity contribution in [2.24, 2.45) is 5.73 Å². The second kappa shape index (κ2) is 14.1. The van der Waals surface area contributed by atoms with Gasteiger partial charge in [0.2, 0.25) is 17.7 Å². The first-order valence-corrected chi connectivity index (χ1v) is 15.0. The molecule has 4 aromatic rings. The predicted molar refractivity (Wildman–Crippen MR) is 168 cm³/mol. The zero-order valence-electron chi connectivity index (χ0n) is 24.7. The Kier molecular flexibility index (Phi) is 9.79. The summed E-state index contributed by atoms with van der Waals surface area (Å²) in [5.74, 6) is -2.67. The van der Waals surface area contributed by atoms with E-state index in [-0.39, 0.29) is 31.6 Å². The Morgan fingerprint density at radius 3 is 2.27 bits per heavy atom. The molecular weight excluding hydrogens is 574 g/mol. The number of benzene rings is 3. The van der Waals surface area contributed by atoms with E-state index in [2.05, 4.69) is 15.6 Å². The van der Waals surface area contributed by atoms with Crippen molar-refractivity contribution in [1.82, 2.24) is 20.5 Å². The highest BCUT2D eigenvalue weighted by atomic mass is 16.4. The molecule has 1 aliphatic heterocycles. The number of likely N-dealkylation sites (tertiary alicyclic amines) is 1. The molecule has 0 aliphatic carbocycles. The maximum atomic E-state index is 14.0. The average Bonchev–Trinajstić information content (AvgIpc) is 3.69. The first-order valence-electron chi connectivity index (χ1n) is 15.0. The summed E-state index contributed by atoms with van der Waals surface area (Å²) in [4.78, 5) is 57.4. The average molecular weight is 612 g/mol. The fraction of sp³-hybridized carbons (Fsp3) is 0.294. The Morgan fingerprint density at radius 1 is 0.867 bits per heavy atom. The van der Waals surface area contributed by atoms with Gasteiger partial charge in [0.15, 0.2) is 0 Å². The smallest absolute Gasteiger partial charge is 0.326 e. The maximum Gasteiger partial charge on any atom is 0.326 e. The minimum atomic E-state index is -1.18. The van der Waals surface area contributed by atoms with Crippen molar-refractivity contribution in [1.29, 1.82) is 0 Å². The Labute approximate surface area is 260 Å². The van der Waals surface area contributed by atoms with E-state index in [0.29, 0.717) is 18.4 Å². The highest BCUT2D eigenvalue weighted by molar-refractivity contribution is 5.95. The summed E-state index contributed by atoms with van der Waals surface area (Å²) in [6.45, 7) is 0.274. The normalized spacial score (nSPS) is 16.6. The predicted octanol–water partition coefficient (Wildman–Crippen LogP) is 2.27. The van der Waals surface area contributed by atoms with Crippen LogP contribution < -0.4 is 16.4 Å². The third-order valence-corrected chi connectivity index (χ3v) is 8.18. The number of hydrogen-bond acceptors (Lipinski definition) is 6. The third-order valence-electron chi connectivity index (χ3n) is 8.18. The first kappa shape index (κ1) is 31.3. The van der Waals surface area contributed by atoms with Crippen molar-refractivity contribution in [3.8, 4) is 5.75 Å². The van der Waals surface area contributed by atoms with Gasteiger partial charge in [0.05, 0.1) is 6.04 Å². The van der Waals surface area contributed by atoms with Gasteiger partial charge in [0.25, 0.3) is 0 Å². The number of para-hydroxylation sites is 1. The molecular formula is C34H37N5O6. The fourth-order valence-electron chi connectivity index (χ4n) is 5.80. The molecule has 5 rings (SSSR count). The lowest BCUT2D eigenvalue weighted by atomic mass is 10.0. The molecule has 4 atom stereocenters. The van der Waals surface area contributed by atoms with Gasteiger partial charge in [-0.1, -0.05) is 60.7 Å². The van der Waals surface area contributed by atoms with Crippen LogP contribution in [0.25, 0.3) is 10.9 Å². The SMILES string of the molecule is NC(Cc1c[nH]c2ccccc12)C(=O)NC(Cc1ccc(O)cc1)C(=O)N1CCCC1C(=O)NC(Cc1ccccc1)C(=O)O. The Bertz CT molecular complexity index is 1650. The standard InChI is InChI=1S/C34H37N5O6/c35-26(19-23-20-36-27-10-5-4-9-25(23)27)31(41)37-28(17-22-12-14-24(40)15-13-22)33(43)39-16-6-11-30(39)32(42)38-29(34(44)45)18-21-7-2-1-3-8-21/h1-5,7-10,12-15,20,26,28-30,36,40H,6,11,16-19,35H2,(H,37,41)(H,38,42)(H,44,45). The first-order chi connectivity index (χ1) is 21.7. The monoisotopic (exact) mass is 611 g/mol. The number of carboxylic acid groups (broad SMARTS) is 1. The summed E-state index contributed by atoms with van der Waals surface area (Å²) in [5, 5.41) is 25.9. The van der Waals surface area contributed by atoms with Gasteiger partial charge in [-0.2, -0.15) is 0 Å². The largest absolute Gasteiger partial charge is 0.508 e. The van der Waals surface area contributed by atoms with Crippen LogP contribution in [-0.2, 0) is 38.4 Å². The van der Waals surface area contributed by atoms with E-state index >= 15 is 0 Å². The highest BCUT2D eigenvalue weighted by Gasteiger charge is 2.39. The zero-order chi connectivity index (χ0) is 31.9. The molecule has 3 aromatic carbocycles. The molecule has 1 aromatic heterocycles. The second-order valence-electron chi connectivity index (χ2n) is 11.4. The molecule has 234 valence electrons. The zero-order valence-corrected chi connectivity index (χ0v) is 24.7. The number of aromatic amines is 1. The van der Waals surface area contributed by atoms with Gasteiger partial charge in [-0.15, -0.1) is 0 Å². The summed E-state index contributed by atoms with van der Waals surface area (Å²) in [6, 6.07) is 18.9. The van der Waals surface area contributed by atoms with E-state index < -0.39 is 47.9 Å². The third kappa shape index (κ3) is 7.68. The molecule has 1 fully saturated rings. The Morgan fingerprint density at radius 2 is 1.53 bits per heavy atom. The van der Waals surface area contributed by atoms with Crippen LogP contribution in [0, 0.1) is 0 Å². The molecule has 1 aliphatic rings. The second-order valence-corrected chi connectivity index (χ2v) is 11.4. The van der Waals surface area contributed by atoms with E-state index in [1.807, 2.05) is 36.5 Å². The number of aromatic hydroxyl groups is 1. The molecule has 11 heteroatoms. The molecule has 0 saturated carbocycles. The van der Waals surface area contributed by atoms with Gasteiger partial charge >= 0.3 is 5.97 Å². The number of nitrogens with zero attached hydrogens (tertiary/aromatic N) is 1. The van der Waals surface area contributed by atoms with Crippen LogP contribution in [0.15, 0.2) is 85.1 Å². The van der Waals surface area contributed by atoms with E-state index in [9.17, 15) is 29.4 Å². The lowest BCUT2D eigenvalue weighted by Crippen LogP contribution is -2.57. The van der Waals surface area contributed by atoms with Crippen LogP contribution in [-0.4, -0.2) is 74.5 Å². The number of carbonyl (C=O) groups is 4. The van der Waals surface area contributed by atoms with Crippen LogP contribution in [0.2, 0.25) is 0 Å². The molecule has 4 unspecified atom stereocenters. The van der Waals surface area contributed by atoms with Crippen LogP contribution in [0.3, 0.4) is 0 Å². The number of nitrogens with two attached hydrogens (primary N) is 1. The van der Waals surface area contributed by atoms with Crippen LogP contribution in [0.1, 0.15) is 29.5 Å². The molecule has 1 saturated heterocycles. The minimum absolute atomic E-state index is 0.0613. The van der Waals surface area contributed by atoms with Crippen molar-refractivity contribution >= 4 is 34.6 Å². The minimum Gasteiger partial charge on any atom is -0.508 e. The number of phenols is 1. The molecule has 45 heavy (non-hydrogen) atoms. The number of phenolic OH excluding ortho intramolecular Hbond substituents is 1. The van der Waals surface area contributed by atoms with Crippen molar-refractivity contribution < 1.29 is 29.4 Å². The number of fused-ring (bicyclic) bond motifs is 1. The molecule has 7 N–H and O–H groups in total. The lowest BCUT2D eigenvalue weighted by Gasteiger charge is -2.30. The number of rotatable bonds is 12. The van der Waals surface area contributed by atoms with Gasteiger partial charge < -0.3 is 36.5 Å². The number of carboxylic acids is 1. The fourth-order valence-corrected chi connectivity index (χ4v) is 5.80. The molecule has 0 radical (unpaired) electrons. The van der Waals surface area contributed by atoms with Gasteiger partial charge in [-0.05, 0) is 54.2 Å². The molecule has 0 bridgehead atoms. The number of amides is 3. The Hall–Kier alpha value is -5.16. The number of nitrogens with one attached hydrogen (secondary N) is 3. The Balaban J connectivity index is 1.31. The maximum absolute atomic E-state index is 14.0. The summed E-state index contributed by atoms with van der Waals surface area (Å²) < 4.78 is 0. The number of carbonyl (C=O) groups excluding carboxylic acids is 3. The molecule has 2 heterocycles. The van der Waals surface area contributed by atoms with Gasteiger partial charge in [0.1, 0.15) is 23.9 Å². The van der Waals surface area contributed by atoms with Crippen molar-refractivity contribution in [2.75, 3.05) is 6.54 Å². The van der Waals surface area contributed by atoms with E-state index in [0.717, 1.165) is 22.0 Å². The van der Waals surface area contributed by atoms with Crippen LogP contribution in [0.5, 0.6) is 5.75 Å². The summed E-state index contributed by atoms with van der Waals surface area (Å²) >= 11 is 0. The van der Waals surface area contributed by atoms with E-state index in [1.54, 1.807) is 36.4 Å². The van der Waals surface area contributed by atoms with Crippen molar-refractivity contribution in [3.05, 3.63) is 102 Å². The number of aromatic nitrogens is 1. The molecule has 3 amide bonds. The number of H-pyrrole nitrogens is 1. The van der Waals surface area contributed by atoms with E-state index in [1.165, 1.54) is 17.0 Å². The summed E-state index contributed by atoms with van der Waals surface area (Å²) in [6.07, 6.45) is 3.14. The van der Waals surface area contributed by atoms with Crippen LogP contribution in [0.4, 0.5) is 0 Å². The van der Waals surface area contributed by atoms with Gasteiger partial charge in [-0.3, -0.25) is 14.4 Å². The summed E-state index contributed by atoms with van der Waals surface area (Å²) in [7, 11) is 0. The lowest BCUT2D eigenvalue weighted by molar-refractivity contribution is -0.144. The number of aliphatic carboxylic acids is 1. The van der Waals surface area contributed by atoms with Crippen LogP contribution >= 0.6 is 0 Å².